The molecule has 0 saturated heterocycles. The van der Waals surface area contributed by atoms with Crippen LogP contribution in [0.1, 0.15) is 40.5 Å². The monoisotopic (exact) mass is 421 g/mol. The number of aliphatic hydroxyl groups excluding tert-OH is 1. The van der Waals surface area contributed by atoms with Crippen molar-refractivity contribution in [3.8, 4) is 5.75 Å². The number of hydrogen-bond acceptors (Lipinski definition) is 6. The van der Waals surface area contributed by atoms with Gasteiger partial charge in [0.1, 0.15) is 17.6 Å². The number of rotatable bonds is 9. The molecule has 0 radical (unpaired) electrons. The lowest BCUT2D eigenvalue weighted by atomic mass is 10.2. The number of furan rings is 1. The summed E-state index contributed by atoms with van der Waals surface area (Å²) in [6.07, 6.45) is 1.53. The molecule has 150 valence electrons. The van der Waals surface area contributed by atoms with E-state index in [2.05, 4.69) is 4.72 Å². The lowest BCUT2D eigenvalue weighted by molar-refractivity contribution is 0.193. The van der Waals surface area contributed by atoms with Crippen LogP contribution in [-0.4, -0.2) is 20.1 Å². The van der Waals surface area contributed by atoms with Crippen LogP contribution < -0.4 is 9.46 Å². The molecule has 1 aromatic carbocycles. The molecular weight excluding hydrogens is 398 g/mol. The van der Waals surface area contributed by atoms with E-state index in [-0.39, 0.29) is 11.4 Å². The van der Waals surface area contributed by atoms with E-state index in [4.69, 9.17) is 9.15 Å². The minimum absolute atomic E-state index is 0.144. The van der Waals surface area contributed by atoms with Crippen LogP contribution in [0.25, 0.3) is 0 Å². The summed E-state index contributed by atoms with van der Waals surface area (Å²) < 4.78 is 38.6. The number of hydrogen-bond donors (Lipinski definition) is 2. The van der Waals surface area contributed by atoms with E-state index in [1.54, 1.807) is 42.5 Å². The minimum atomic E-state index is -3.65. The first-order valence-electron chi connectivity index (χ1n) is 8.94. The van der Waals surface area contributed by atoms with Gasteiger partial charge in [0.2, 0.25) is 10.0 Å². The first-order chi connectivity index (χ1) is 13.4. The van der Waals surface area contributed by atoms with Gasteiger partial charge in [0, 0.05) is 16.3 Å². The Bertz CT molecular complexity index is 1010. The lowest BCUT2D eigenvalue weighted by Crippen LogP contribution is -2.22. The molecule has 1 unspecified atom stereocenters. The fourth-order valence-corrected chi connectivity index (χ4v) is 4.77. The molecule has 0 amide bonds. The van der Waals surface area contributed by atoms with Crippen molar-refractivity contribution >= 4 is 21.4 Å². The molecule has 0 spiro atoms. The van der Waals surface area contributed by atoms with Gasteiger partial charge in [-0.05, 0) is 61.4 Å². The van der Waals surface area contributed by atoms with Crippen LogP contribution >= 0.6 is 11.3 Å². The second-order valence-corrected chi connectivity index (χ2v) is 9.29. The van der Waals surface area contributed by atoms with Crippen LogP contribution in [0.4, 0.5) is 0 Å². The van der Waals surface area contributed by atoms with Gasteiger partial charge in [-0.2, -0.15) is 0 Å². The van der Waals surface area contributed by atoms with Gasteiger partial charge in [0.05, 0.1) is 17.8 Å². The maximum absolute atomic E-state index is 12.6. The fraction of sp³-hybridized carbons (Fsp3) is 0.300. The second-order valence-electron chi connectivity index (χ2n) is 6.32. The Hall–Kier alpha value is -2.13. The van der Waals surface area contributed by atoms with Crippen LogP contribution in [0.15, 0.2) is 58.0 Å². The Balaban J connectivity index is 1.66. The van der Waals surface area contributed by atoms with Crippen LogP contribution in [0.3, 0.4) is 0 Å². The van der Waals surface area contributed by atoms with Crippen molar-refractivity contribution in [2.24, 2.45) is 0 Å². The van der Waals surface area contributed by atoms with E-state index in [0.29, 0.717) is 23.0 Å². The number of sulfonamides is 1. The molecule has 2 N–H and O–H groups in total. The van der Waals surface area contributed by atoms with Gasteiger partial charge in [-0.25, -0.2) is 13.1 Å². The highest BCUT2D eigenvalue weighted by atomic mass is 32.2. The minimum Gasteiger partial charge on any atom is -0.493 e. The highest BCUT2D eigenvalue weighted by Crippen LogP contribution is 2.29. The van der Waals surface area contributed by atoms with Crippen molar-refractivity contribution in [1.82, 2.24) is 4.72 Å². The zero-order chi connectivity index (χ0) is 20.1. The molecule has 0 bridgehead atoms. The summed E-state index contributed by atoms with van der Waals surface area (Å²) in [4.78, 5) is 1.68. The average molecular weight is 422 g/mol. The fourth-order valence-electron chi connectivity index (χ4n) is 2.64. The SMILES string of the molecule is CCCOc1ccc(S(=O)(=O)NCc2ccc(C(O)c3ccco3)s2)cc1C. The standard InChI is InChI=1S/C20H23NO5S2/c1-3-10-25-17-8-7-16(12-14(17)2)28(23,24)21-13-15-6-9-19(27-15)20(22)18-5-4-11-26-18/h4-9,11-12,20-22H,3,10,13H2,1-2H3. The van der Waals surface area contributed by atoms with Crippen molar-refractivity contribution in [2.45, 2.75) is 37.8 Å². The highest BCUT2D eigenvalue weighted by molar-refractivity contribution is 7.89. The summed E-state index contributed by atoms with van der Waals surface area (Å²) in [7, 11) is -3.65. The molecule has 28 heavy (non-hydrogen) atoms. The third-order valence-corrected chi connectivity index (χ3v) is 6.66. The largest absolute Gasteiger partial charge is 0.493 e. The van der Waals surface area contributed by atoms with Gasteiger partial charge in [-0.1, -0.05) is 6.92 Å². The summed E-state index contributed by atoms with van der Waals surface area (Å²) in [5.74, 6) is 1.14. The van der Waals surface area contributed by atoms with Crippen LogP contribution in [0.2, 0.25) is 0 Å². The van der Waals surface area contributed by atoms with Crippen LogP contribution in [0.5, 0.6) is 5.75 Å². The lowest BCUT2D eigenvalue weighted by Gasteiger charge is -2.11. The Morgan fingerprint density at radius 1 is 1.25 bits per heavy atom. The molecule has 3 rings (SSSR count). The van der Waals surface area contributed by atoms with Crippen LogP contribution in [0, 0.1) is 6.92 Å². The molecule has 0 fully saturated rings. The summed E-state index contributed by atoms with van der Waals surface area (Å²) >= 11 is 1.33. The van der Waals surface area contributed by atoms with Crippen molar-refractivity contribution in [3.05, 3.63) is 69.8 Å². The van der Waals surface area contributed by atoms with Gasteiger partial charge < -0.3 is 14.3 Å². The maximum Gasteiger partial charge on any atom is 0.240 e. The molecule has 0 aliphatic carbocycles. The van der Waals surface area contributed by atoms with Crippen molar-refractivity contribution in [2.75, 3.05) is 6.61 Å². The van der Waals surface area contributed by atoms with Gasteiger partial charge in [-0.3, -0.25) is 0 Å². The summed E-state index contributed by atoms with van der Waals surface area (Å²) in [6.45, 7) is 4.58. The zero-order valence-corrected chi connectivity index (χ0v) is 17.3. The quantitative estimate of drug-likeness (QED) is 0.545. The second kappa shape index (κ2) is 8.91. The molecule has 8 heteroatoms. The number of benzene rings is 1. The number of ether oxygens (including phenoxy) is 1. The molecule has 1 atom stereocenters. The van der Waals surface area contributed by atoms with Crippen molar-refractivity contribution < 1.29 is 22.7 Å². The number of aliphatic hydroxyl groups is 1. The van der Waals surface area contributed by atoms with Gasteiger partial charge in [0.15, 0.2) is 0 Å². The molecular formula is C20H23NO5S2. The number of aryl methyl sites for hydroxylation is 1. The normalized spacial score (nSPS) is 12.8. The first-order valence-corrected chi connectivity index (χ1v) is 11.2. The molecule has 2 aromatic heterocycles. The Labute approximate surface area is 168 Å². The number of nitrogens with one attached hydrogen (secondary N) is 1. The predicted molar refractivity (Wildman–Crippen MR) is 108 cm³/mol. The zero-order valence-electron chi connectivity index (χ0n) is 15.7. The summed E-state index contributed by atoms with van der Waals surface area (Å²) in [5, 5.41) is 10.3. The summed E-state index contributed by atoms with van der Waals surface area (Å²) in [5.41, 5.74) is 0.774. The van der Waals surface area contributed by atoms with Crippen molar-refractivity contribution in [3.63, 3.8) is 0 Å². The van der Waals surface area contributed by atoms with E-state index in [9.17, 15) is 13.5 Å². The topological polar surface area (TPSA) is 88.8 Å². The third-order valence-electron chi connectivity index (χ3n) is 4.12. The summed E-state index contributed by atoms with van der Waals surface area (Å²) in [6, 6.07) is 11.8. The van der Waals surface area contributed by atoms with E-state index in [1.165, 1.54) is 17.6 Å². The molecule has 0 aliphatic heterocycles. The van der Waals surface area contributed by atoms with Gasteiger partial charge >= 0.3 is 0 Å². The first kappa shape index (κ1) is 20.6. The third kappa shape index (κ3) is 4.82. The average Bonchev–Trinajstić information content (AvgIpc) is 3.37. The number of thiophene rings is 1. The van der Waals surface area contributed by atoms with Crippen molar-refractivity contribution in [1.29, 1.82) is 0 Å². The molecule has 0 aliphatic rings. The Morgan fingerprint density at radius 3 is 2.75 bits per heavy atom. The van der Waals surface area contributed by atoms with Gasteiger partial charge in [0.25, 0.3) is 0 Å². The molecule has 6 nitrogen and oxygen atoms in total. The Kier molecular flexibility index (Phi) is 6.56. The Morgan fingerprint density at radius 2 is 2.07 bits per heavy atom. The molecule has 2 heterocycles. The maximum atomic E-state index is 12.6. The van der Waals surface area contributed by atoms with E-state index in [0.717, 1.165) is 16.9 Å². The predicted octanol–water partition coefficient (Wildman–Crippen LogP) is 4.00. The van der Waals surface area contributed by atoms with E-state index in [1.807, 2.05) is 13.8 Å². The smallest absolute Gasteiger partial charge is 0.240 e. The van der Waals surface area contributed by atoms with E-state index >= 15 is 0 Å². The molecule has 0 saturated carbocycles. The van der Waals surface area contributed by atoms with E-state index < -0.39 is 16.1 Å². The van der Waals surface area contributed by atoms with Gasteiger partial charge in [-0.15, -0.1) is 11.3 Å². The van der Waals surface area contributed by atoms with Crippen LogP contribution in [-0.2, 0) is 16.6 Å². The highest BCUT2D eigenvalue weighted by Gasteiger charge is 2.18. The molecule has 3 aromatic rings.